The van der Waals surface area contributed by atoms with Gasteiger partial charge in [0, 0.05) is 0 Å². The molecule has 2 rings (SSSR count). The van der Waals surface area contributed by atoms with Crippen LogP contribution in [0.15, 0.2) is 17.0 Å². The Bertz CT molecular complexity index is 216. The topological polar surface area (TPSA) is 52.0 Å². The van der Waals surface area contributed by atoms with E-state index in [1.165, 1.54) is 19.2 Å². The van der Waals surface area contributed by atoms with Crippen molar-refractivity contribution < 1.29 is 4.42 Å². The third-order valence-electron chi connectivity index (χ3n) is 2.10. The molecule has 1 saturated carbocycles. The zero-order valence-corrected chi connectivity index (χ0v) is 6.36. The monoisotopic (exact) mass is 152 g/mol. The van der Waals surface area contributed by atoms with Gasteiger partial charge >= 0.3 is 0 Å². The number of aromatic nitrogens is 1. The van der Waals surface area contributed by atoms with E-state index in [1.54, 1.807) is 6.20 Å². The quantitative estimate of drug-likeness (QED) is 0.713. The summed E-state index contributed by atoms with van der Waals surface area (Å²) in [6.07, 6.45) is 6.86. The molecule has 60 valence electrons. The second kappa shape index (κ2) is 2.66. The molecule has 3 nitrogen and oxygen atoms in total. The molecular formula is C8H12N2O. The van der Waals surface area contributed by atoms with E-state index in [4.69, 9.17) is 10.2 Å². The summed E-state index contributed by atoms with van der Waals surface area (Å²) in [5.41, 5.74) is 5.85. The molecule has 1 heterocycles. The molecule has 1 unspecified atom stereocenters. The summed E-state index contributed by atoms with van der Waals surface area (Å²) in [7, 11) is 0. The van der Waals surface area contributed by atoms with E-state index in [9.17, 15) is 0 Å². The van der Waals surface area contributed by atoms with E-state index < -0.39 is 0 Å². The standard InChI is InChI=1S/C8H12N2O/c9-7(3-6-1-2-6)8-4-10-5-11-8/h4-7H,1-3,9H2. The number of oxazole rings is 1. The van der Waals surface area contributed by atoms with E-state index in [0.717, 1.165) is 18.1 Å². The van der Waals surface area contributed by atoms with Crippen LogP contribution in [-0.2, 0) is 0 Å². The molecule has 0 bridgehead atoms. The molecule has 2 N–H and O–H groups in total. The van der Waals surface area contributed by atoms with Crippen LogP contribution in [0.5, 0.6) is 0 Å². The predicted molar refractivity (Wildman–Crippen MR) is 40.8 cm³/mol. The first-order chi connectivity index (χ1) is 5.36. The molecule has 3 heteroatoms. The predicted octanol–water partition coefficient (Wildman–Crippen LogP) is 1.47. The van der Waals surface area contributed by atoms with Crippen molar-refractivity contribution in [2.45, 2.75) is 25.3 Å². The third-order valence-corrected chi connectivity index (χ3v) is 2.10. The lowest BCUT2D eigenvalue weighted by Crippen LogP contribution is -2.09. The molecule has 1 aromatic heterocycles. The molecular weight excluding hydrogens is 140 g/mol. The summed E-state index contributed by atoms with van der Waals surface area (Å²) in [6.45, 7) is 0. The minimum absolute atomic E-state index is 0.0602. The number of nitrogens with two attached hydrogens (primary N) is 1. The summed E-state index contributed by atoms with van der Waals surface area (Å²) in [5, 5.41) is 0. The lowest BCUT2D eigenvalue weighted by molar-refractivity contribution is 0.438. The normalized spacial score (nSPS) is 20.1. The van der Waals surface area contributed by atoms with Crippen LogP contribution >= 0.6 is 0 Å². The maximum atomic E-state index is 5.85. The molecule has 1 aliphatic rings. The summed E-state index contributed by atoms with van der Waals surface area (Å²) in [5.74, 6) is 1.66. The highest BCUT2D eigenvalue weighted by Gasteiger charge is 2.25. The van der Waals surface area contributed by atoms with Gasteiger partial charge in [-0.15, -0.1) is 0 Å². The lowest BCUT2D eigenvalue weighted by Gasteiger charge is -2.04. The van der Waals surface area contributed by atoms with Gasteiger partial charge in [0.1, 0.15) is 5.76 Å². The van der Waals surface area contributed by atoms with E-state index in [2.05, 4.69) is 4.98 Å². The number of nitrogens with zero attached hydrogens (tertiary/aromatic N) is 1. The first kappa shape index (κ1) is 6.85. The number of hydrogen-bond acceptors (Lipinski definition) is 3. The van der Waals surface area contributed by atoms with Gasteiger partial charge in [-0.1, -0.05) is 12.8 Å². The third kappa shape index (κ3) is 1.60. The fraction of sp³-hybridized carbons (Fsp3) is 0.625. The zero-order valence-electron chi connectivity index (χ0n) is 6.36. The van der Waals surface area contributed by atoms with E-state index in [0.29, 0.717) is 0 Å². The van der Waals surface area contributed by atoms with Crippen molar-refractivity contribution in [1.82, 2.24) is 4.98 Å². The first-order valence-electron chi connectivity index (χ1n) is 4.00. The summed E-state index contributed by atoms with van der Waals surface area (Å²) < 4.78 is 5.09. The summed E-state index contributed by atoms with van der Waals surface area (Å²) >= 11 is 0. The molecule has 0 spiro atoms. The van der Waals surface area contributed by atoms with Crippen LogP contribution in [-0.4, -0.2) is 4.98 Å². The molecule has 1 atom stereocenters. The Morgan fingerprint density at radius 3 is 3.09 bits per heavy atom. The Kier molecular flexibility index (Phi) is 1.66. The molecule has 0 saturated heterocycles. The molecule has 1 fully saturated rings. The molecule has 0 amide bonds. The van der Waals surface area contributed by atoms with Gasteiger partial charge in [-0.3, -0.25) is 0 Å². The van der Waals surface area contributed by atoms with Crippen LogP contribution in [0.4, 0.5) is 0 Å². The van der Waals surface area contributed by atoms with Gasteiger partial charge in [0.15, 0.2) is 6.39 Å². The Hall–Kier alpha value is -0.830. The van der Waals surface area contributed by atoms with Crippen LogP contribution in [0.3, 0.4) is 0 Å². The van der Waals surface area contributed by atoms with Gasteiger partial charge in [0.05, 0.1) is 12.2 Å². The van der Waals surface area contributed by atoms with Gasteiger partial charge in [0.25, 0.3) is 0 Å². The minimum Gasteiger partial charge on any atom is -0.447 e. The van der Waals surface area contributed by atoms with Crippen LogP contribution < -0.4 is 5.73 Å². The highest BCUT2D eigenvalue weighted by Crippen LogP contribution is 2.36. The maximum absolute atomic E-state index is 5.85. The summed E-state index contributed by atoms with van der Waals surface area (Å²) in [4.78, 5) is 3.82. The SMILES string of the molecule is NC(CC1CC1)c1cnco1. The molecule has 1 aromatic rings. The van der Waals surface area contributed by atoms with Gasteiger partial charge in [-0.2, -0.15) is 0 Å². The average molecular weight is 152 g/mol. The smallest absolute Gasteiger partial charge is 0.180 e. The van der Waals surface area contributed by atoms with Crippen molar-refractivity contribution in [3.05, 3.63) is 18.4 Å². The van der Waals surface area contributed by atoms with Crippen LogP contribution in [0, 0.1) is 5.92 Å². The van der Waals surface area contributed by atoms with Crippen molar-refractivity contribution in [2.75, 3.05) is 0 Å². The lowest BCUT2D eigenvalue weighted by atomic mass is 10.1. The van der Waals surface area contributed by atoms with Crippen molar-refractivity contribution in [2.24, 2.45) is 11.7 Å². The van der Waals surface area contributed by atoms with Gasteiger partial charge in [-0.05, 0) is 12.3 Å². The van der Waals surface area contributed by atoms with Crippen molar-refractivity contribution >= 4 is 0 Å². The molecule has 0 aromatic carbocycles. The van der Waals surface area contributed by atoms with E-state index >= 15 is 0 Å². The van der Waals surface area contributed by atoms with Crippen LogP contribution in [0.1, 0.15) is 31.1 Å². The van der Waals surface area contributed by atoms with E-state index in [-0.39, 0.29) is 6.04 Å². The Morgan fingerprint density at radius 2 is 2.55 bits per heavy atom. The van der Waals surface area contributed by atoms with Gasteiger partial charge in [-0.25, -0.2) is 4.98 Å². The number of rotatable bonds is 3. The van der Waals surface area contributed by atoms with Crippen LogP contribution in [0.25, 0.3) is 0 Å². The second-order valence-corrected chi connectivity index (χ2v) is 3.19. The zero-order chi connectivity index (χ0) is 7.68. The Labute approximate surface area is 65.6 Å². The first-order valence-corrected chi connectivity index (χ1v) is 4.00. The fourth-order valence-electron chi connectivity index (χ4n) is 1.24. The van der Waals surface area contributed by atoms with Gasteiger partial charge < -0.3 is 10.2 Å². The second-order valence-electron chi connectivity index (χ2n) is 3.19. The fourth-order valence-corrected chi connectivity index (χ4v) is 1.24. The van der Waals surface area contributed by atoms with Crippen molar-refractivity contribution in [1.29, 1.82) is 0 Å². The molecule has 1 aliphatic carbocycles. The van der Waals surface area contributed by atoms with Gasteiger partial charge in [0.2, 0.25) is 0 Å². The summed E-state index contributed by atoms with van der Waals surface area (Å²) in [6, 6.07) is 0.0602. The Balaban J connectivity index is 1.93. The van der Waals surface area contributed by atoms with E-state index in [1.807, 2.05) is 0 Å². The average Bonchev–Trinajstić information content (AvgIpc) is 2.67. The van der Waals surface area contributed by atoms with Crippen molar-refractivity contribution in [3.8, 4) is 0 Å². The minimum atomic E-state index is 0.0602. The molecule has 0 aliphatic heterocycles. The highest BCUT2D eigenvalue weighted by molar-refractivity contribution is 4.97. The maximum Gasteiger partial charge on any atom is 0.180 e. The van der Waals surface area contributed by atoms with Crippen molar-refractivity contribution in [3.63, 3.8) is 0 Å². The molecule has 0 radical (unpaired) electrons. The highest BCUT2D eigenvalue weighted by atomic mass is 16.3. The Morgan fingerprint density at radius 1 is 1.73 bits per heavy atom. The number of hydrogen-bond donors (Lipinski definition) is 1. The largest absolute Gasteiger partial charge is 0.447 e. The van der Waals surface area contributed by atoms with Crippen LogP contribution in [0.2, 0.25) is 0 Å². The molecule has 11 heavy (non-hydrogen) atoms.